The van der Waals surface area contributed by atoms with Gasteiger partial charge < -0.3 is 5.73 Å². The Morgan fingerprint density at radius 3 is 2.17 bits per heavy atom. The number of hydrogen-bond donors (Lipinski definition) is 1. The Hall–Kier alpha value is -3.63. The number of nitrogen functional groups attached to an aromatic ring is 1. The van der Waals surface area contributed by atoms with E-state index in [1.807, 2.05) is 12.1 Å². The third kappa shape index (κ3) is 1.50. The minimum absolute atomic E-state index is 0.101. The van der Waals surface area contributed by atoms with E-state index < -0.39 is 0 Å². The number of fused-ring (bicyclic) bond motifs is 2. The number of hydrogen-bond acceptors (Lipinski definition) is 4. The first kappa shape index (κ1) is 13.1. The van der Waals surface area contributed by atoms with Gasteiger partial charge in [-0.15, -0.1) is 0 Å². The molecule has 0 unspecified atom stereocenters. The van der Waals surface area contributed by atoms with Gasteiger partial charge >= 0.3 is 0 Å². The van der Waals surface area contributed by atoms with Crippen LogP contribution in [0.2, 0.25) is 0 Å². The maximum atomic E-state index is 12.8. The van der Waals surface area contributed by atoms with Crippen LogP contribution in [0.1, 0.15) is 27.0 Å². The van der Waals surface area contributed by atoms with Crippen LogP contribution in [0.25, 0.3) is 21.9 Å². The lowest BCUT2D eigenvalue weighted by Gasteiger charge is -2.22. The highest BCUT2D eigenvalue weighted by atomic mass is 16.1. The number of carbonyl (C=O) groups excluding carboxylic acids is 1. The summed E-state index contributed by atoms with van der Waals surface area (Å²) in [7, 11) is 0. The zero-order valence-electron chi connectivity index (χ0n) is 11.9. The average Bonchev–Trinajstić information content (AvgIpc) is 2.59. The number of nitriles is 2. The Bertz CT molecular complexity index is 1110. The molecule has 1 aliphatic carbocycles. The van der Waals surface area contributed by atoms with E-state index in [0.29, 0.717) is 33.0 Å². The summed E-state index contributed by atoms with van der Waals surface area (Å²) in [6, 6.07) is 16.6. The molecule has 0 bridgehead atoms. The van der Waals surface area contributed by atoms with Crippen molar-refractivity contribution >= 4 is 22.2 Å². The first-order valence-electron chi connectivity index (χ1n) is 7.01. The van der Waals surface area contributed by atoms with Gasteiger partial charge in [-0.05, 0) is 5.56 Å². The van der Waals surface area contributed by atoms with Gasteiger partial charge in [-0.2, -0.15) is 10.5 Å². The molecule has 106 valence electrons. The van der Waals surface area contributed by atoms with Gasteiger partial charge in [0, 0.05) is 27.5 Å². The molecule has 0 fully saturated rings. The Kier molecular flexibility index (Phi) is 2.52. The van der Waals surface area contributed by atoms with Gasteiger partial charge in [0.05, 0.1) is 16.8 Å². The molecule has 0 radical (unpaired) electrons. The van der Waals surface area contributed by atoms with Gasteiger partial charge in [-0.3, -0.25) is 4.79 Å². The quantitative estimate of drug-likeness (QED) is 0.503. The third-order valence-corrected chi connectivity index (χ3v) is 4.28. The molecular weight excluding hydrogens is 286 g/mol. The number of anilines is 1. The van der Waals surface area contributed by atoms with Crippen molar-refractivity contribution in [2.75, 3.05) is 5.73 Å². The number of ketones is 1. The molecule has 4 rings (SSSR count). The Labute approximate surface area is 132 Å². The zero-order chi connectivity index (χ0) is 16.1. The van der Waals surface area contributed by atoms with Crippen LogP contribution in [0.5, 0.6) is 0 Å². The minimum atomic E-state index is -0.101. The van der Waals surface area contributed by atoms with E-state index >= 15 is 0 Å². The summed E-state index contributed by atoms with van der Waals surface area (Å²) in [4.78, 5) is 12.8. The van der Waals surface area contributed by atoms with Gasteiger partial charge in [0.15, 0.2) is 5.78 Å². The summed E-state index contributed by atoms with van der Waals surface area (Å²) >= 11 is 0. The summed E-state index contributed by atoms with van der Waals surface area (Å²) < 4.78 is 0. The highest BCUT2D eigenvalue weighted by molar-refractivity contribution is 6.27. The van der Waals surface area contributed by atoms with Crippen molar-refractivity contribution in [3.8, 4) is 23.3 Å². The van der Waals surface area contributed by atoms with Crippen LogP contribution >= 0.6 is 0 Å². The van der Waals surface area contributed by atoms with Crippen molar-refractivity contribution in [2.24, 2.45) is 0 Å². The molecule has 23 heavy (non-hydrogen) atoms. The summed E-state index contributed by atoms with van der Waals surface area (Å²) in [6.07, 6.45) is 0. The second kappa shape index (κ2) is 4.43. The van der Waals surface area contributed by atoms with Crippen molar-refractivity contribution < 1.29 is 4.79 Å². The normalized spacial score (nSPS) is 11.7. The molecule has 0 saturated heterocycles. The van der Waals surface area contributed by atoms with E-state index in [1.165, 1.54) is 0 Å². The molecule has 0 heterocycles. The first-order valence-corrected chi connectivity index (χ1v) is 7.01. The SMILES string of the molecule is N#Cc1c(N)c(C#N)c2cccc3c2c1-c1ccccc1C3=O. The smallest absolute Gasteiger partial charge is 0.194 e. The number of nitrogens with zero attached hydrogens (tertiary/aromatic N) is 2. The Morgan fingerprint density at radius 2 is 1.48 bits per heavy atom. The monoisotopic (exact) mass is 295 g/mol. The van der Waals surface area contributed by atoms with Crippen LogP contribution in [0.3, 0.4) is 0 Å². The minimum Gasteiger partial charge on any atom is -0.397 e. The molecular formula is C19H9N3O. The van der Waals surface area contributed by atoms with Crippen molar-refractivity contribution in [2.45, 2.75) is 0 Å². The van der Waals surface area contributed by atoms with Gasteiger partial charge in [-0.25, -0.2) is 0 Å². The van der Waals surface area contributed by atoms with E-state index in [4.69, 9.17) is 5.73 Å². The second-order valence-electron chi connectivity index (χ2n) is 5.37. The van der Waals surface area contributed by atoms with Gasteiger partial charge in [0.1, 0.15) is 12.1 Å². The first-order chi connectivity index (χ1) is 11.2. The Balaban J connectivity index is 2.38. The Morgan fingerprint density at radius 1 is 0.826 bits per heavy atom. The largest absolute Gasteiger partial charge is 0.397 e. The topological polar surface area (TPSA) is 90.7 Å². The molecule has 0 aliphatic heterocycles. The number of benzene rings is 3. The average molecular weight is 295 g/mol. The van der Waals surface area contributed by atoms with Crippen molar-refractivity contribution in [1.29, 1.82) is 10.5 Å². The summed E-state index contributed by atoms with van der Waals surface area (Å²) in [5.41, 5.74) is 9.13. The molecule has 4 nitrogen and oxygen atoms in total. The molecule has 3 aromatic rings. The molecule has 1 aliphatic rings. The van der Waals surface area contributed by atoms with E-state index in [1.54, 1.807) is 30.3 Å². The van der Waals surface area contributed by atoms with Crippen LogP contribution in [-0.2, 0) is 0 Å². The molecule has 4 heteroatoms. The van der Waals surface area contributed by atoms with E-state index in [2.05, 4.69) is 12.1 Å². The van der Waals surface area contributed by atoms with E-state index in [0.717, 1.165) is 0 Å². The number of carbonyl (C=O) groups is 1. The van der Waals surface area contributed by atoms with E-state index in [-0.39, 0.29) is 22.6 Å². The van der Waals surface area contributed by atoms with Crippen LogP contribution in [0, 0.1) is 22.7 Å². The number of rotatable bonds is 0. The molecule has 0 atom stereocenters. The molecule has 0 aromatic heterocycles. The van der Waals surface area contributed by atoms with Crippen LogP contribution in [0.4, 0.5) is 5.69 Å². The highest BCUT2D eigenvalue weighted by Crippen LogP contribution is 2.44. The van der Waals surface area contributed by atoms with Crippen molar-refractivity contribution in [3.63, 3.8) is 0 Å². The lowest BCUT2D eigenvalue weighted by atomic mass is 9.79. The molecule has 2 N–H and O–H groups in total. The molecule has 0 amide bonds. The van der Waals surface area contributed by atoms with Crippen molar-refractivity contribution in [1.82, 2.24) is 0 Å². The van der Waals surface area contributed by atoms with Crippen LogP contribution in [-0.4, -0.2) is 5.78 Å². The fraction of sp³-hybridized carbons (Fsp3) is 0. The zero-order valence-corrected chi connectivity index (χ0v) is 11.9. The molecule has 0 saturated carbocycles. The lowest BCUT2D eigenvalue weighted by molar-refractivity contribution is 0.104. The maximum Gasteiger partial charge on any atom is 0.194 e. The van der Waals surface area contributed by atoms with Crippen LogP contribution < -0.4 is 5.73 Å². The fourth-order valence-electron chi connectivity index (χ4n) is 3.30. The van der Waals surface area contributed by atoms with Gasteiger partial charge in [0.25, 0.3) is 0 Å². The second-order valence-corrected chi connectivity index (χ2v) is 5.37. The standard InChI is InChI=1S/C19H9N3O/c20-8-14-11-6-3-7-13-16(11)17(15(9-21)18(14)22)10-4-1-2-5-12(10)19(13)23/h1-7H,22H2. The van der Waals surface area contributed by atoms with Crippen LogP contribution in [0.15, 0.2) is 42.5 Å². The predicted octanol–water partition coefficient (Wildman–Crippen LogP) is 3.38. The lowest BCUT2D eigenvalue weighted by Crippen LogP contribution is -2.12. The van der Waals surface area contributed by atoms with Gasteiger partial charge in [-0.1, -0.05) is 42.5 Å². The maximum absolute atomic E-state index is 12.8. The summed E-state index contributed by atoms with van der Waals surface area (Å²) in [6.45, 7) is 0. The van der Waals surface area contributed by atoms with Crippen molar-refractivity contribution in [3.05, 3.63) is 64.7 Å². The van der Waals surface area contributed by atoms with Gasteiger partial charge in [0.2, 0.25) is 0 Å². The predicted molar refractivity (Wildman–Crippen MR) is 86.7 cm³/mol. The summed E-state index contributed by atoms with van der Waals surface area (Å²) in [5.74, 6) is -0.101. The van der Waals surface area contributed by atoms with E-state index in [9.17, 15) is 15.3 Å². The highest BCUT2D eigenvalue weighted by Gasteiger charge is 2.29. The molecule has 0 spiro atoms. The summed E-state index contributed by atoms with van der Waals surface area (Å²) in [5, 5.41) is 20.3. The number of nitrogens with two attached hydrogens (primary N) is 1. The fourth-order valence-corrected chi connectivity index (χ4v) is 3.30. The third-order valence-electron chi connectivity index (χ3n) is 4.28. The molecule has 3 aromatic carbocycles.